The standard InChI is InChI=1S/C14H28N2O/c1-16(10-12-6-8-15-9-7-12)11-13-4-2-3-5-14(13)17/h12-15,17H,2-11H2,1H3. The molecule has 3 nitrogen and oxygen atoms in total. The Balaban J connectivity index is 1.70. The topological polar surface area (TPSA) is 35.5 Å². The van der Waals surface area contributed by atoms with E-state index in [1.54, 1.807) is 0 Å². The van der Waals surface area contributed by atoms with Gasteiger partial charge in [0.15, 0.2) is 0 Å². The Morgan fingerprint density at radius 3 is 2.47 bits per heavy atom. The predicted octanol–water partition coefficient (Wildman–Crippen LogP) is 1.47. The summed E-state index contributed by atoms with van der Waals surface area (Å²) in [6, 6.07) is 0. The number of piperidine rings is 1. The van der Waals surface area contributed by atoms with Crippen molar-refractivity contribution in [2.24, 2.45) is 11.8 Å². The van der Waals surface area contributed by atoms with Crippen LogP contribution in [-0.4, -0.2) is 49.3 Å². The zero-order valence-electron chi connectivity index (χ0n) is 11.2. The van der Waals surface area contributed by atoms with Crippen molar-refractivity contribution < 1.29 is 5.11 Å². The number of nitrogens with one attached hydrogen (secondary N) is 1. The molecular weight excluding hydrogens is 212 g/mol. The Morgan fingerprint density at radius 2 is 1.76 bits per heavy atom. The first-order chi connectivity index (χ1) is 8.25. The molecule has 2 unspecified atom stereocenters. The number of rotatable bonds is 4. The van der Waals surface area contributed by atoms with E-state index in [-0.39, 0.29) is 6.10 Å². The summed E-state index contributed by atoms with van der Waals surface area (Å²) in [6.45, 7) is 4.67. The molecule has 3 heteroatoms. The van der Waals surface area contributed by atoms with Gasteiger partial charge in [0.2, 0.25) is 0 Å². The van der Waals surface area contributed by atoms with Gasteiger partial charge in [-0.25, -0.2) is 0 Å². The van der Waals surface area contributed by atoms with Crippen molar-refractivity contribution in [3.63, 3.8) is 0 Å². The van der Waals surface area contributed by atoms with Gasteiger partial charge in [-0.1, -0.05) is 12.8 Å². The van der Waals surface area contributed by atoms with Crippen LogP contribution in [0.25, 0.3) is 0 Å². The third kappa shape index (κ3) is 4.23. The summed E-state index contributed by atoms with van der Waals surface area (Å²) in [7, 11) is 2.23. The van der Waals surface area contributed by atoms with Crippen LogP contribution >= 0.6 is 0 Å². The molecule has 0 amide bonds. The highest BCUT2D eigenvalue weighted by atomic mass is 16.3. The highest BCUT2D eigenvalue weighted by Gasteiger charge is 2.25. The molecule has 1 aliphatic heterocycles. The maximum Gasteiger partial charge on any atom is 0.0580 e. The van der Waals surface area contributed by atoms with Crippen LogP contribution in [0.4, 0.5) is 0 Å². The van der Waals surface area contributed by atoms with Crippen LogP contribution in [0.5, 0.6) is 0 Å². The first-order valence-corrected chi connectivity index (χ1v) is 7.33. The van der Waals surface area contributed by atoms with Crippen LogP contribution < -0.4 is 5.32 Å². The van der Waals surface area contributed by atoms with Crippen molar-refractivity contribution >= 4 is 0 Å². The quantitative estimate of drug-likeness (QED) is 0.781. The fourth-order valence-corrected chi connectivity index (χ4v) is 3.38. The van der Waals surface area contributed by atoms with Crippen LogP contribution in [0.2, 0.25) is 0 Å². The fraction of sp³-hybridized carbons (Fsp3) is 1.00. The Morgan fingerprint density at radius 1 is 1.06 bits per heavy atom. The number of hydrogen-bond donors (Lipinski definition) is 2. The first-order valence-electron chi connectivity index (χ1n) is 7.33. The minimum Gasteiger partial charge on any atom is -0.393 e. The van der Waals surface area contributed by atoms with Gasteiger partial charge in [0.25, 0.3) is 0 Å². The SMILES string of the molecule is CN(CC1CCNCC1)CC1CCCCC1O. The van der Waals surface area contributed by atoms with E-state index < -0.39 is 0 Å². The average molecular weight is 240 g/mol. The predicted molar refractivity (Wildman–Crippen MR) is 71.1 cm³/mol. The van der Waals surface area contributed by atoms with Crippen LogP contribution in [0.3, 0.4) is 0 Å². The summed E-state index contributed by atoms with van der Waals surface area (Å²) >= 11 is 0. The smallest absolute Gasteiger partial charge is 0.0580 e. The molecular formula is C14H28N2O. The molecule has 17 heavy (non-hydrogen) atoms. The van der Waals surface area contributed by atoms with Gasteiger partial charge in [-0.05, 0) is 57.7 Å². The molecule has 1 heterocycles. The molecule has 2 rings (SSSR count). The molecule has 0 aromatic rings. The first kappa shape index (κ1) is 13.3. The molecule has 2 N–H and O–H groups in total. The lowest BCUT2D eigenvalue weighted by molar-refractivity contribution is 0.0477. The van der Waals surface area contributed by atoms with Gasteiger partial charge in [0.05, 0.1) is 6.10 Å². The van der Waals surface area contributed by atoms with Gasteiger partial charge in [-0.15, -0.1) is 0 Å². The second-order valence-corrected chi connectivity index (χ2v) is 6.03. The Kier molecular flexibility index (Phi) is 5.26. The monoisotopic (exact) mass is 240 g/mol. The lowest BCUT2D eigenvalue weighted by Gasteiger charge is -2.33. The van der Waals surface area contributed by atoms with Crippen molar-refractivity contribution in [1.82, 2.24) is 10.2 Å². The molecule has 1 saturated heterocycles. The number of hydrogen-bond acceptors (Lipinski definition) is 3. The number of nitrogens with zero attached hydrogens (tertiary/aromatic N) is 1. The molecule has 2 fully saturated rings. The maximum atomic E-state index is 9.99. The van der Waals surface area contributed by atoms with E-state index in [0.29, 0.717) is 5.92 Å². The minimum atomic E-state index is -0.0424. The van der Waals surface area contributed by atoms with Gasteiger partial charge in [0.1, 0.15) is 0 Å². The largest absolute Gasteiger partial charge is 0.393 e. The van der Waals surface area contributed by atoms with Crippen molar-refractivity contribution in [1.29, 1.82) is 0 Å². The zero-order chi connectivity index (χ0) is 12.1. The van der Waals surface area contributed by atoms with Crippen molar-refractivity contribution in [3.8, 4) is 0 Å². The molecule has 2 aliphatic rings. The number of aliphatic hydroxyl groups is 1. The summed E-state index contributed by atoms with van der Waals surface area (Å²) in [5.41, 5.74) is 0. The van der Waals surface area contributed by atoms with E-state index in [4.69, 9.17) is 0 Å². The molecule has 0 aromatic heterocycles. The van der Waals surface area contributed by atoms with Crippen LogP contribution in [0.15, 0.2) is 0 Å². The Labute approximate surface area is 106 Å². The van der Waals surface area contributed by atoms with Crippen LogP contribution in [0, 0.1) is 11.8 Å². The van der Waals surface area contributed by atoms with Crippen molar-refractivity contribution in [2.45, 2.75) is 44.6 Å². The molecule has 0 bridgehead atoms. The van der Waals surface area contributed by atoms with Crippen molar-refractivity contribution in [3.05, 3.63) is 0 Å². The highest BCUT2D eigenvalue weighted by Crippen LogP contribution is 2.25. The summed E-state index contributed by atoms with van der Waals surface area (Å²) in [5, 5.41) is 13.4. The van der Waals surface area contributed by atoms with Gasteiger partial charge in [0, 0.05) is 13.1 Å². The van der Waals surface area contributed by atoms with Crippen LogP contribution in [0.1, 0.15) is 38.5 Å². The molecule has 0 spiro atoms. The zero-order valence-corrected chi connectivity index (χ0v) is 11.2. The van der Waals surface area contributed by atoms with E-state index >= 15 is 0 Å². The van der Waals surface area contributed by atoms with Gasteiger partial charge in [-0.3, -0.25) is 0 Å². The normalized spacial score (nSPS) is 31.9. The third-order valence-electron chi connectivity index (χ3n) is 4.44. The molecule has 0 radical (unpaired) electrons. The third-order valence-corrected chi connectivity index (χ3v) is 4.44. The molecule has 0 aromatic carbocycles. The highest BCUT2D eigenvalue weighted by molar-refractivity contribution is 4.78. The van der Waals surface area contributed by atoms with Gasteiger partial charge >= 0.3 is 0 Å². The Hall–Kier alpha value is -0.120. The van der Waals surface area contributed by atoms with E-state index in [9.17, 15) is 5.11 Å². The molecule has 1 aliphatic carbocycles. The lowest BCUT2D eigenvalue weighted by atomic mass is 9.86. The molecule has 1 saturated carbocycles. The van der Waals surface area contributed by atoms with Gasteiger partial charge < -0.3 is 15.3 Å². The minimum absolute atomic E-state index is 0.0424. The van der Waals surface area contributed by atoms with E-state index in [1.807, 2.05) is 0 Å². The van der Waals surface area contributed by atoms with Crippen LogP contribution in [-0.2, 0) is 0 Å². The van der Waals surface area contributed by atoms with E-state index in [0.717, 1.165) is 18.9 Å². The average Bonchev–Trinajstić information content (AvgIpc) is 2.33. The summed E-state index contributed by atoms with van der Waals surface area (Å²) < 4.78 is 0. The second kappa shape index (κ2) is 6.72. The van der Waals surface area contributed by atoms with E-state index in [1.165, 1.54) is 51.7 Å². The fourth-order valence-electron chi connectivity index (χ4n) is 3.38. The summed E-state index contributed by atoms with van der Waals surface area (Å²) in [5.74, 6) is 1.39. The Bertz CT molecular complexity index is 216. The number of aliphatic hydroxyl groups excluding tert-OH is 1. The van der Waals surface area contributed by atoms with Crippen molar-refractivity contribution in [2.75, 3.05) is 33.2 Å². The molecule has 100 valence electrons. The maximum absolute atomic E-state index is 9.99. The van der Waals surface area contributed by atoms with Gasteiger partial charge in [-0.2, -0.15) is 0 Å². The second-order valence-electron chi connectivity index (χ2n) is 6.03. The summed E-state index contributed by atoms with van der Waals surface area (Å²) in [4.78, 5) is 2.45. The summed E-state index contributed by atoms with van der Waals surface area (Å²) in [6.07, 6.45) is 7.36. The van der Waals surface area contributed by atoms with E-state index in [2.05, 4.69) is 17.3 Å². The molecule has 2 atom stereocenters. The lowest BCUT2D eigenvalue weighted by Crippen LogP contribution is -2.39.